The summed E-state index contributed by atoms with van der Waals surface area (Å²) >= 11 is 2.15. The van der Waals surface area contributed by atoms with Crippen LogP contribution in [0.25, 0.3) is 0 Å². The van der Waals surface area contributed by atoms with E-state index in [1.54, 1.807) is 7.11 Å². The van der Waals surface area contributed by atoms with Crippen LogP contribution >= 0.6 is 22.6 Å². The molecule has 1 amide bonds. The van der Waals surface area contributed by atoms with Crippen LogP contribution in [-0.4, -0.2) is 13.0 Å². The minimum absolute atomic E-state index is 0.0158. The maximum absolute atomic E-state index is 11.3. The van der Waals surface area contributed by atoms with E-state index in [1.807, 2.05) is 12.1 Å². The van der Waals surface area contributed by atoms with Crippen molar-refractivity contribution in [2.24, 2.45) is 0 Å². The quantitative estimate of drug-likeness (QED) is 0.796. The molecule has 4 heteroatoms. The molecule has 0 bridgehead atoms. The Labute approximate surface area is 89.6 Å². The van der Waals surface area contributed by atoms with Crippen LogP contribution < -0.4 is 10.1 Å². The SMILES string of the molecule is COc1cc(I)c2c(c1)CNC2=O. The highest BCUT2D eigenvalue weighted by atomic mass is 127. The van der Waals surface area contributed by atoms with Crippen LogP contribution in [0, 0.1) is 3.57 Å². The average molecular weight is 289 g/mol. The summed E-state index contributed by atoms with van der Waals surface area (Å²) in [5, 5.41) is 2.78. The van der Waals surface area contributed by atoms with Gasteiger partial charge in [-0.15, -0.1) is 0 Å². The first kappa shape index (κ1) is 8.80. The topological polar surface area (TPSA) is 38.3 Å². The van der Waals surface area contributed by atoms with Gasteiger partial charge in [0, 0.05) is 10.1 Å². The summed E-state index contributed by atoms with van der Waals surface area (Å²) in [4.78, 5) is 11.3. The van der Waals surface area contributed by atoms with Crippen molar-refractivity contribution in [1.29, 1.82) is 0 Å². The molecule has 0 unspecified atom stereocenters. The molecule has 1 aromatic rings. The van der Waals surface area contributed by atoms with Crippen molar-refractivity contribution in [2.45, 2.75) is 6.54 Å². The van der Waals surface area contributed by atoms with Gasteiger partial charge in [0.05, 0.1) is 12.7 Å². The second-order valence-corrected chi connectivity index (χ2v) is 3.99. The fraction of sp³-hybridized carbons (Fsp3) is 0.222. The molecule has 0 atom stereocenters. The number of carbonyl (C=O) groups is 1. The zero-order chi connectivity index (χ0) is 9.42. The third kappa shape index (κ3) is 1.39. The lowest BCUT2D eigenvalue weighted by Crippen LogP contribution is -2.13. The molecular formula is C9H8INO2. The van der Waals surface area contributed by atoms with Gasteiger partial charge in [0.15, 0.2) is 0 Å². The number of carbonyl (C=O) groups excluding carboxylic acids is 1. The normalized spacial score (nSPS) is 13.8. The molecule has 0 aliphatic carbocycles. The van der Waals surface area contributed by atoms with Crippen LogP contribution in [0.4, 0.5) is 0 Å². The van der Waals surface area contributed by atoms with Gasteiger partial charge in [0.25, 0.3) is 5.91 Å². The summed E-state index contributed by atoms with van der Waals surface area (Å²) < 4.78 is 6.06. The number of ether oxygens (including phenoxy) is 1. The Bertz CT molecular complexity index is 376. The van der Waals surface area contributed by atoms with Gasteiger partial charge in [0.1, 0.15) is 5.75 Å². The number of nitrogens with one attached hydrogen (secondary N) is 1. The maximum atomic E-state index is 11.3. The van der Waals surface area contributed by atoms with Crippen molar-refractivity contribution in [1.82, 2.24) is 5.32 Å². The monoisotopic (exact) mass is 289 g/mol. The number of fused-ring (bicyclic) bond motifs is 1. The number of benzene rings is 1. The molecule has 68 valence electrons. The van der Waals surface area contributed by atoms with Crippen molar-refractivity contribution < 1.29 is 9.53 Å². The van der Waals surface area contributed by atoms with E-state index in [-0.39, 0.29) is 5.91 Å². The van der Waals surface area contributed by atoms with E-state index in [4.69, 9.17) is 4.74 Å². The number of methoxy groups -OCH3 is 1. The fourth-order valence-electron chi connectivity index (χ4n) is 1.41. The predicted octanol–water partition coefficient (Wildman–Crippen LogP) is 1.54. The van der Waals surface area contributed by atoms with Crippen molar-refractivity contribution in [3.8, 4) is 5.75 Å². The molecule has 1 heterocycles. The number of rotatable bonds is 1. The van der Waals surface area contributed by atoms with Gasteiger partial charge < -0.3 is 10.1 Å². The Balaban J connectivity index is 2.59. The molecular weight excluding hydrogens is 281 g/mol. The van der Waals surface area contributed by atoms with E-state index in [0.717, 1.165) is 20.4 Å². The second kappa shape index (κ2) is 3.17. The zero-order valence-electron chi connectivity index (χ0n) is 7.06. The number of halogens is 1. The largest absolute Gasteiger partial charge is 0.497 e. The van der Waals surface area contributed by atoms with E-state index in [0.29, 0.717) is 6.54 Å². The van der Waals surface area contributed by atoms with Gasteiger partial charge >= 0.3 is 0 Å². The van der Waals surface area contributed by atoms with Gasteiger partial charge in [0.2, 0.25) is 0 Å². The van der Waals surface area contributed by atoms with Crippen molar-refractivity contribution >= 4 is 28.5 Å². The molecule has 0 fully saturated rings. The lowest BCUT2D eigenvalue weighted by Gasteiger charge is -2.03. The summed E-state index contributed by atoms with van der Waals surface area (Å²) in [5.41, 5.74) is 1.81. The highest BCUT2D eigenvalue weighted by Gasteiger charge is 2.22. The summed E-state index contributed by atoms with van der Waals surface area (Å²) in [6.07, 6.45) is 0. The number of amides is 1. The number of hydrogen-bond acceptors (Lipinski definition) is 2. The molecule has 13 heavy (non-hydrogen) atoms. The Morgan fingerprint density at radius 2 is 2.31 bits per heavy atom. The van der Waals surface area contributed by atoms with Crippen LogP contribution in [-0.2, 0) is 6.54 Å². The standard InChI is InChI=1S/C9H8INO2/c1-13-6-2-5-4-11-9(12)8(5)7(10)3-6/h2-3H,4H2,1H3,(H,11,12). The van der Waals surface area contributed by atoms with Crippen LogP contribution in [0.15, 0.2) is 12.1 Å². The van der Waals surface area contributed by atoms with E-state index >= 15 is 0 Å². The Morgan fingerprint density at radius 1 is 1.54 bits per heavy atom. The van der Waals surface area contributed by atoms with Gasteiger partial charge in [-0.3, -0.25) is 4.79 Å². The molecule has 0 aromatic heterocycles. The van der Waals surface area contributed by atoms with E-state index in [9.17, 15) is 4.79 Å². The summed E-state index contributed by atoms with van der Waals surface area (Å²) in [5.74, 6) is 0.821. The van der Waals surface area contributed by atoms with E-state index in [1.165, 1.54) is 0 Å². The summed E-state index contributed by atoms with van der Waals surface area (Å²) in [7, 11) is 1.63. The van der Waals surface area contributed by atoms with Gasteiger partial charge in [-0.2, -0.15) is 0 Å². The van der Waals surface area contributed by atoms with Crippen molar-refractivity contribution in [3.63, 3.8) is 0 Å². The number of hydrogen-bond donors (Lipinski definition) is 1. The average Bonchev–Trinajstić information content (AvgIpc) is 2.48. The molecule has 1 aliphatic heterocycles. The van der Waals surface area contributed by atoms with Gasteiger partial charge in [-0.25, -0.2) is 0 Å². The third-order valence-electron chi connectivity index (χ3n) is 2.05. The molecule has 1 aromatic carbocycles. The Kier molecular flexibility index (Phi) is 2.15. The predicted molar refractivity (Wildman–Crippen MR) is 56.9 cm³/mol. The van der Waals surface area contributed by atoms with Crippen LogP contribution in [0.5, 0.6) is 5.75 Å². The molecule has 0 saturated heterocycles. The van der Waals surface area contributed by atoms with Crippen molar-refractivity contribution in [3.05, 3.63) is 26.8 Å². The minimum Gasteiger partial charge on any atom is -0.497 e. The highest BCUT2D eigenvalue weighted by molar-refractivity contribution is 14.1. The smallest absolute Gasteiger partial charge is 0.252 e. The molecule has 0 spiro atoms. The zero-order valence-corrected chi connectivity index (χ0v) is 9.21. The molecule has 1 aliphatic rings. The van der Waals surface area contributed by atoms with E-state index < -0.39 is 0 Å². The molecule has 2 rings (SSSR count). The van der Waals surface area contributed by atoms with Crippen LogP contribution in [0.3, 0.4) is 0 Å². The maximum Gasteiger partial charge on any atom is 0.252 e. The fourth-order valence-corrected chi connectivity index (χ4v) is 2.31. The third-order valence-corrected chi connectivity index (χ3v) is 2.90. The van der Waals surface area contributed by atoms with Crippen LogP contribution in [0.2, 0.25) is 0 Å². The summed E-state index contributed by atoms with van der Waals surface area (Å²) in [6, 6.07) is 3.76. The molecule has 0 saturated carbocycles. The van der Waals surface area contributed by atoms with Crippen molar-refractivity contribution in [2.75, 3.05) is 7.11 Å². The molecule has 1 N–H and O–H groups in total. The first-order chi connectivity index (χ1) is 6.22. The van der Waals surface area contributed by atoms with E-state index in [2.05, 4.69) is 27.9 Å². The second-order valence-electron chi connectivity index (χ2n) is 2.83. The Hall–Kier alpha value is -0.780. The Morgan fingerprint density at radius 3 is 3.00 bits per heavy atom. The first-order valence-corrected chi connectivity index (χ1v) is 4.95. The lowest BCUT2D eigenvalue weighted by molar-refractivity contribution is 0.0965. The lowest BCUT2D eigenvalue weighted by atomic mass is 10.1. The minimum atomic E-state index is 0.0158. The molecule has 0 radical (unpaired) electrons. The van der Waals surface area contributed by atoms with Gasteiger partial charge in [-0.1, -0.05) is 0 Å². The first-order valence-electron chi connectivity index (χ1n) is 3.87. The highest BCUT2D eigenvalue weighted by Crippen LogP contribution is 2.26. The van der Waals surface area contributed by atoms with Gasteiger partial charge in [-0.05, 0) is 40.3 Å². The van der Waals surface area contributed by atoms with Crippen LogP contribution in [0.1, 0.15) is 15.9 Å². The summed E-state index contributed by atoms with van der Waals surface area (Å²) in [6.45, 7) is 0.612. The molecule has 3 nitrogen and oxygen atoms in total.